The first-order chi connectivity index (χ1) is 9.24. The van der Waals surface area contributed by atoms with E-state index in [2.05, 4.69) is 5.32 Å². The van der Waals surface area contributed by atoms with E-state index in [1.165, 1.54) is 0 Å². The number of rotatable bonds is 6. The van der Waals surface area contributed by atoms with Crippen LogP contribution in [0.15, 0.2) is 34.9 Å². The quantitative estimate of drug-likeness (QED) is 0.783. The lowest BCUT2D eigenvalue weighted by molar-refractivity contribution is 0.355. The zero-order valence-electron chi connectivity index (χ0n) is 11.1. The third-order valence-corrected chi connectivity index (χ3v) is 2.82. The smallest absolute Gasteiger partial charge is 0.162 e. The molecule has 5 nitrogen and oxygen atoms in total. The molecule has 19 heavy (non-hydrogen) atoms. The standard InChI is InChI=1S/C14H18N2O3/c1-17-13-8-11(15)12(9-14(13)18-2)16-6-5-10-4-3-7-19-10/h3-4,7-9,16H,5-6,15H2,1-2H3. The van der Waals surface area contributed by atoms with E-state index in [4.69, 9.17) is 19.6 Å². The minimum absolute atomic E-state index is 0.622. The molecule has 0 radical (unpaired) electrons. The van der Waals surface area contributed by atoms with Crippen LogP contribution in [0, 0.1) is 0 Å². The SMILES string of the molecule is COc1cc(N)c(NCCc2ccco2)cc1OC. The summed E-state index contributed by atoms with van der Waals surface area (Å²) < 4.78 is 15.7. The Morgan fingerprint density at radius 3 is 2.58 bits per heavy atom. The predicted molar refractivity (Wildman–Crippen MR) is 74.9 cm³/mol. The van der Waals surface area contributed by atoms with Crippen molar-refractivity contribution in [3.63, 3.8) is 0 Å². The van der Waals surface area contributed by atoms with E-state index in [-0.39, 0.29) is 0 Å². The number of nitrogen functional groups attached to an aromatic ring is 1. The lowest BCUT2D eigenvalue weighted by Gasteiger charge is -2.13. The number of nitrogens with two attached hydrogens (primary N) is 1. The highest BCUT2D eigenvalue weighted by atomic mass is 16.5. The lowest BCUT2D eigenvalue weighted by atomic mass is 10.2. The molecule has 0 fully saturated rings. The molecular formula is C14H18N2O3. The topological polar surface area (TPSA) is 69.7 Å². The summed E-state index contributed by atoms with van der Waals surface area (Å²) in [6.07, 6.45) is 2.46. The molecule has 1 heterocycles. The number of methoxy groups -OCH3 is 2. The lowest BCUT2D eigenvalue weighted by Crippen LogP contribution is -2.07. The van der Waals surface area contributed by atoms with Crippen molar-refractivity contribution in [2.24, 2.45) is 0 Å². The highest BCUT2D eigenvalue weighted by Crippen LogP contribution is 2.34. The van der Waals surface area contributed by atoms with Crippen LogP contribution in [0.3, 0.4) is 0 Å². The van der Waals surface area contributed by atoms with Crippen LogP contribution in [0.4, 0.5) is 11.4 Å². The van der Waals surface area contributed by atoms with Gasteiger partial charge in [0.25, 0.3) is 0 Å². The van der Waals surface area contributed by atoms with Crippen molar-refractivity contribution in [2.75, 3.05) is 31.8 Å². The average molecular weight is 262 g/mol. The Labute approximate surface area is 112 Å². The predicted octanol–water partition coefficient (Wildman–Crippen LogP) is 2.53. The van der Waals surface area contributed by atoms with Crippen molar-refractivity contribution < 1.29 is 13.9 Å². The minimum atomic E-state index is 0.622. The van der Waals surface area contributed by atoms with Crippen LogP contribution in [0.25, 0.3) is 0 Å². The molecule has 0 atom stereocenters. The van der Waals surface area contributed by atoms with Crippen molar-refractivity contribution in [1.82, 2.24) is 0 Å². The summed E-state index contributed by atoms with van der Waals surface area (Å²) >= 11 is 0. The molecule has 0 saturated carbocycles. The van der Waals surface area contributed by atoms with Crippen LogP contribution in [0.5, 0.6) is 11.5 Å². The van der Waals surface area contributed by atoms with E-state index in [0.29, 0.717) is 17.2 Å². The van der Waals surface area contributed by atoms with Crippen LogP contribution in [0.1, 0.15) is 5.76 Å². The summed E-state index contributed by atoms with van der Waals surface area (Å²) in [6, 6.07) is 7.39. The number of benzene rings is 1. The zero-order chi connectivity index (χ0) is 13.7. The van der Waals surface area contributed by atoms with Gasteiger partial charge in [0.2, 0.25) is 0 Å². The fourth-order valence-electron chi connectivity index (χ4n) is 1.82. The molecule has 3 N–H and O–H groups in total. The van der Waals surface area contributed by atoms with Gasteiger partial charge in [0, 0.05) is 25.1 Å². The van der Waals surface area contributed by atoms with Crippen molar-refractivity contribution in [1.29, 1.82) is 0 Å². The van der Waals surface area contributed by atoms with E-state index in [1.807, 2.05) is 18.2 Å². The number of anilines is 2. The maximum absolute atomic E-state index is 5.96. The van der Waals surface area contributed by atoms with Crippen LogP contribution < -0.4 is 20.5 Å². The Kier molecular flexibility index (Phi) is 4.18. The molecule has 1 aromatic carbocycles. The van der Waals surface area contributed by atoms with Crippen molar-refractivity contribution in [2.45, 2.75) is 6.42 Å². The molecule has 2 rings (SSSR count). The summed E-state index contributed by atoms with van der Waals surface area (Å²) in [6.45, 7) is 0.729. The minimum Gasteiger partial charge on any atom is -0.493 e. The molecule has 102 valence electrons. The average Bonchev–Trinajstić information content (AvgIpc) is 2.93. The number of ether oxygens (including phenoxy) is 2. The van der Waals surface area contributed by atoms with Crippen LogP contribution >= 0.6 is 0 Å². The first-order valence-corrected chi connectivity index (χ1v) is 6.02. The van der Waals surface area contributed by atoms with Gasteiger partial charge in [-0.2, -0.15) is 0 Å². The second-order valence-electron chi connectivity index (χ2n) is 4.05. The second kappa shape index (κ2) is 6.04. The molecule has 2 aromatic rings. The molecule has 0 unspecified atom stereocenters. The van der Waals surface area contributed by atoms with Gasteiger partial charge >= 0.3 is 0 Å². The Balaban J connectivity index is 2.03. The maximum atomic E-state index is 5.96. The summed E-state index contributed by atoms with van der Waals surface area (Å²) in [5.74, 6) is 2.21. The summed E-state index contributed by atoms with van der Waals surface area (Å²) in [5, 5.41) is 3.26. The van der Waals surface area contributed by atoms with Gasteiger partial charge in [0.15, 0.2) is 11.5 Å². The van der Waals surface area contributed by atoms with Gasteiger partial charge in [-0.1, -0.05) is 0 Å². The molecule has 5 heteroatoms. The van der Waals surface area contributed by atoms with E-state index in [1.54, 1.807) is 26.5 Å². The molecule has 1 aromatic heterocycles. The Bertz CT molecular complexity index is 524. The Morgan fingerprint density at radius 2 is 1.95 bits per heavy atom. The number of furan rings is 1. The third kappa shape index (κ3) is 3.13. The summed E-state index contributed by atoms with van der Waals surface area (Å²) in [4.78, 5) is 0. The molecule has 0 aliphatic carbocycles. The number of hydrogen-bond acceptors (Lipinski definition) is 5. The number of hydrogen-bond donors (Lipinski definition) is 2. The largest absolute Gasteiger partial charge is 0.493 e. The van der Waals surface area contributed by atoms with Gasteiger partial charge < -0.3 is 24.9 Å². The second-order valence-corrected chi connectivity index (χ2v) is 4.05. The fraction of sp³-hybridized carbons (Fsp3) is 0.286. The molecule has 0 bridgehead atoms. The normalized spacial score (nSPS) is 10.2. The van der Waals surface area contributed by atoms with E-state index in [9.17, 15) is 0 Å². The molecule has 0 spiro atoms. The van der Waals surface area contributed by atoms with E-state index < -0.39 is 0 Å². The van der Waals surface area contributed by atoms with Gasteiger partial charge in [-0.3, -0.25) is 0 Å². The summed E-state index contributed by atoms with van der Waals surface area (Å²) in [5.41, 5.74) is 7.40. The van der Waals surface area contributed by atoms with Gasteiger partial charge in [-0.05, 0) is 12.1 Å². The highest BCUT2D eigenvalue weighted by molar-refractivity contribution is 5.72. The number of nitrogens with one attached hydrogen (secondary N) is 1. The van der Waals surface area contributed by atoms with Crippen LogP contribution in [-0.4, -0.2) is 20.8 Å². The van der Waals surface area contributed by atoms with Crippen molar-refractivity contribution in [3.05, 3.63) is 36.3 Å². The molecule has 0 amide bonds. The van der Waals surface area contributed by atoms with Crippen LogP contribution in [-0.2, 0) is 6.42 Å². The maximum Gasteiger partial charge on any atom is 0.162 e. The van der Waals surface area contributed by atoms with Gasteiger partial charge in [-0.25, -0.2) is 0 Å². The first kappa shape index (κ1) is 13.1. The van der Waals surface area contributed by atoms with E-state index >= 15 is 0 Å². The van der Waals surface area contributed by atoms with Crippen molar-refractivity contribution >= 4 is 11.4 Å². The van der Waals surface area contributed by atoms with Gasteiger partial charge in [0.1, 0.15) is 5.76 Å². The monoisotopic (exact) mass is 262 g/mol. The van der Waals surface area contributed by atoms with Crippen molar-refractivity contribution in [3.8, 4) is 11.5 Å². The first-order valence-electron chi connectivity index (χ1n) is 6.02. The fourth-order valence-corrected chi connectivity index (χ4v) is 1.82. The summed E-state index contributed by atoms with van der Waals surface area (Å²) in [7, 11) is 3.18. The van der Waals surface area contributed by atoms with Crippen LogP contribution in [0.2, 0.25) is 0 Å². The van der Waals surface area contributed by atoms with E-state index in [0.717, 1.165) is 24.4 Å². The Hall–Kier alpha value is -2.30. The highest BCUT2D eigenvalue weighted by Gasteiger charge is 2.08. The third-order valence-electron chi connectivity index (χ3n) is 2.82. The molecule has 0 saturated heterocycles. The molecule has 0 aliphatic rings. The zero-order valence-corrected chi connectivity index (χ0v) is 11.1. The molecule has 0 aliphatic heterocycles. The van der Waals surface area contributed by atoms with Gasteiger partial charge in [0.05, 0.1) is 31.9 Å². The Morgan fingerprint density at radius 1 is 1.21 bits per heavy atom. The molecular weight excluding hydrogens is 244 g/mol. The van der Waals surface area contributed by atoms with Gasteiger partial charge in [-0.15, -0.1) is 0 Å².